The van der Waals surface area contributed by atoms with E-state index in [0.717, 1.165) is 13.1 Å². The summed E-state index contributed by atoms with van der Waals surface area (Å²) in [4.78, 5) is 2.26. The van der Waals surface area contributed by atoms with Gasteiger partial charge in [-0.3, -0.25) is 0 Å². The summed E-state index contributed by atoms with van der Waals surface area (Å²) < 4.78 is 27.7. The van der Waals surface area contributed by atoms with E-state index < -0.39 is 10.2 Å². The molecule has 6 nitrogen and oxygen atoms in total. The second kappa shape index (κ2) is 5.37. The Morgan fingerprint density at radius 1 is 1.32 bits per heavy atom. The predicted molar refractivity (Wildman–Crippen MR) is 72.4 cm³/mol. The molecule has 0 aromatic carbocycles. The largest absolute Gasteiger partial charge is 0.306 e. The molecule has 2 heterocycles. The summed E-state index contributed by atoms with van der Waals surface area (Å²) in [6.07, 6.45) is 0. The van der Waals surface area contributed by atoms with Crippen molar-refractivity contribution < 1.29 is 8.42 Å². The van der Waals surface area contributed by atoms with Gasteiger partial charge in [-0.05, 0) is 25.8 Å². The van der Waals surface area contributed by atoms with Crippen molar-refractivity contribution in [1.29, 1.82) is 5.26 Å². The van der Waals surface area contributed by atoms with Crippen LogP contribution in [-0.2, 0) is 10.2 Å². The standard InChI is InChI=1S/C12H22N4O2S/c1-10(4-13)5-15(3)19(17,18)16-8-11-6-14(2)7-12(11)9-16/h10-12H,5-9H2,1-3H3/t10?,11-,12+. The van der Waals surface area contributed by atoms with Crippen molar-refractivity contribution in [2.75, 3.05) is 46.8 Å². The number of nitriles is 1. The zero-order valence-corrected chi connectivity index (χ0v) is 12.6. The third-order valence-electron chi connectivity index (χ3n) is 4.11. The summed E-state index contributed by atoms with van der Waals surface area (Å²) in [5, 5.41) is 8.78. The predicted octanol–water partition coefficient (Wildman–Crippen LogP) is -0.184. The van der Waals surface area contributed by atoms with Crippen LogP contribution in [0.1, 0.15) is 6.92 Å². The number of nitrogens with zero attached hydrogens (tertiary/aromatic N) is 4. The van der Waals surface area contributed by atoms with E-state index in [1.54, 1.807) is 18.3 Å². The van der Waals surface area contributed by atoms with Crippen molar-refractivity contribution in [1.82, 2.24) is 13.5 Å². The van der Waals surface area contributed by atoms with Crippen LogP contribution in [0, 0.1) is 29.1 Å². The number of hydrogen-bond acceptors (Lipinski definition) is 4. The fraction of sp³-hybridized carbons (Fsp3) is 0.917. The van der Waals surface area contributed by atoms with Gasteiger partial charge < -0.3 is 4.90 Å². The third-order valence-corrected chi connectivity index (χ3v) is 5.99. The second-order valence-corrected chi connectivity index (χ2v) is 7.91. The van der Waals surface area contributed by atoms with Gasteiger partial charge in [0.25, 0.3) is 10.2 Å². The van der Waals surface area contributed by atoms with Crippen molar-refractivity contribution >= 4 is 10.2 Å². The number of likely N-dealkylation sites (tertiary alicyclic amines) is 1. The summed E-state index contributed by atoms with van der Waals surface area (Å²) in [6.45, 7) is 5.18. The summed E-state index contributed by atoms with van der Waals surface area (Å²) in [5.41, 5.74) is 0. The van der Waals surface area contributed by atoms with Crippen LogP contribution in [0.15, 0.2) is 0 Å². The molecule has 2 aliphatic heterocycles. The average molecular weight is 286 g/mol. The topological polar surface area (TPSA) is 67.6 Å². The second-order valence-electron chi connectivity index (χ2n) is 5.88. The van der Waals surface area contributed by atoms with Gasteiger partial charge in [0.15, 0.2) is 0 Å². The fourth-order valence-corrected chi connectivity index (χ4v) is 4.66. The lowest BCUT2D eigenvalue weighted by molar-refractivity contribution is 0.330. The molecule has 0 N–H and O–H groups in total. The highest BCUT2D eigenvalue weighted by molar-refractivity contribution is 7.86. The van der Waals surface area contributed by atoms with Crippen molar-refractivity contribution in [2.45, 2.75) is 6.92 Å². The smallest absolute Gasteiger partial charge is 0.281 e. The van der Waals surface area contributed by atoms with E-state index in [1.165, 1.54) is 4.31 Å². The van der Waals surface area contributed by atoms with Gasteiger partial charge in [0, 0.05) is 39.8 Å². The quantitative estimate of drug-likeness (QED) is 0.719. The van der Waals surface area contributed by atoms with E-state index in [-0.39, 0.29) is 12.5 Å². The first-order valence-electron chi connectivity index (χ1n) is 6.64. The molecule has 108 valence electrons. The van der Waals surface area contributed by atoms with E-state index in [0.29, 0.717) is 24.9 Å². The number of hydrogen-bond donors (Lipinski definition) is 0. The van der Waals surface area contributed by atoms with E-state index in [2.05, 4.69) is 18.0 Å². The lowest BCUT2D eigenvalue weighted by Gasteiger charge is -2.25. The molecule has 3 atom stereocenters. The summed E-state index contributed by atoms with van der Waals surface area (Å²) in [5.74, 6) is 0.635. The summed E-state index contributed by atoms with van der Waals surface area (Å²) >= 11 is 0. The van der Waals surface area contributed by atoms with Crippen LogP contribution in [0.5, 0.6) is 0 Å². The zero-order chi connectivity index (χ0) is 14.2. The highest BCUT2D eigenvalue weighted by Gasteiger charge is 2.44. The molecule has 0 aromatic heterocycles. The van der Waals surface area contributed by atoms with Crippen LogP contribution < -0.4 is 0 Å². The van der Waals surface area contributed by atoms with Crippen LogP contribution in [0.25, 0.3) is 0 Å². The Kier molecular flexibility index (Phi) is 4.16. The van der Waals surface area contributed by atoms with Gasteiger partial charge in [0.05, 0.1) is 12.0 Å². The van der Waals surface area contributed by atoms with E-state index in [9.17, 15) is 8.42 Å². The molecule has 0 aromatic rings. The van der Waals surface area contributed by atoms with Crippen LogP contribution in [-0.4, -0.2) is 68.7 Å². The molecule has 0 bridgehead atoms. The number of rotatable bonds is 4. The Labute approximate surface area is 115 Å². The average Bonchev–Trinajstić information content (AvgIpc) is 2.85. The maximum absolute atomic E-state index is 12.4. The molecule has 0 spiro atoms. The fourth-order valence-electron chi connectivity index (χ4n) is 3.09. The molecule has 19 heavy (non-hydrogen) atoms. The molecule has 0 saturated carbocycles. The molecule has 2 aliphatic rings. The van der Waals surface area contributed by atoms with Gasteiger partial charge in [0.1, 0.15) is 0 Å². The summed E-state index contributed by atoms with van der Waals surface area (Å²) in [6, 6.07) is 2.07. The minimum absolute atomic E-state index is 0.255. The first kappa shape index (κ1) is 14.7. The molecule has 1 unspecified atom stereocenters. The Balaban J connectivity index is 2.00. The zero-order valence-electron chi connectivity index (χ0n) is 11.8. The molecule has 0 amide bonds. The van der Waals surface area contributed by atoms with Crippen molar-refractivity contribution in [3.05, 3.63) is 0 Å². The highest BCUT2D eigenvalue weighted by atomic mass is 32.2. The van der Waals surface area contributed by atoms with E-state index in [1.807, 2.05) is 0 Å². The Hall–Kier alpha value is -0.680. The molecule has 2 saturated heterocycles. The van der Waals surface area contributed by atoms with Crippen LogP contribution in [0.2, 0.25) is 0 Å². The van der Waals surface area contributed by atoms with E-state index >= 15 is 0 Å². The first-order valence-corrected chi connectivity index (χ1v) is 8.04. The molecule has 2 rings (SSSR count). The minimum atomic E-state index is -3.41. The Bertz CT molecular complexity index is 459. The van der Waals surface area contributed by atoms with Crippen LogP contribution >= 0.6 is 0 Å². The normalized spacial score (nSPS) is 30.5. The molecular formula is C12H22N4O2S. The SMILES string of the molecule is CC(C#N)CN(C)S(=O)(=O)N1C[C@H]2CN(C)C[C@H]2C1. The van der Waals surface area contributed by atoms with Gasteiger partial charge in [-0.15, -0.1) is 0 Å². The third kappa shape index (κ3) is 2.92. The van der Waals surface area contributed by atoms with Crippen molar-refractivity contribution in [3.8, 4) is 6.07 Å². The monoisotopic (exact) mass is 286 g/mol. The minimum Gasteiger partial charge on any atom is -0.306 e. The first-order chi connectivity index (χ1) is 8.84. The Morgan fingerprint density at radius 2 is 1.84 bits per heavy atom. The van der Waals surface area contributed by atoms with Crippen molar-refractivity contribution in [3.63, 3.8) is 0 Å². The van der Waals surface area contributed by atoms with Gasteiger partial charge in [-0.2, -0.15) is 22.3 Å². The molecule has 0 aliphatic carbocycles. The lowest BCUT2D eigenvalue weighted by Crippen LogP contribution is -2.43. The van der Waals surface area contributed by atoms with Crippen LogP contribution in [0.3, 0.4) is 0 Å². The number of fused-ring (bicyclic) bond motifs is 1. The van der Waals surface area contributed by atoms with E-state index in [4.69, 9.17) is 5.26 Å². The van der Waals surface area contributed by atoms with Gasteiger partial charge in [0.2, 0.25) is 0 Å². The molecule has 2 fully saturated rings. The van der Waals surface area contributed by atoms with Gasteiger partial charge in [-0.25, -0.2) is 0 Å². The maximum atomic E-state index is 12.4. The molecule has 0 radical (unpaired) electrons. The maximum Gasteiger partial charge on any atom is 0.281 e. The Morgan fingerprint density at radius 3 is 2.32 bits per heavy atom. The van der Waals surface area contributed by atoms with Gasteiger partial charge >= 0.3 is 0 Å². The summed E-state index contributed by atoms with van der Waals surface area (Å²) in [7, 11) is 0.234. The molecular weight excluding hydrogens is 264 g/mol. The molecule has 7 heteroatoms. The highest BCUT2D eigenvalue weighted by Crippen LogP contribution is 2.32. The van der Waals surface area contributed by atoms with Crippen molar-refractivity contribution in [2.24, 2.45) is 17.8 Å². The van der Waals surface area contributed by atoms with Gasteiger partial charge in [-0.1, -0.05) is 0 Å². The van der Waals surface area contributed by atoms with Crippen LogP contribution in [0.4, 0.5) is 0 Å². The lowest BCUT2D eigenvalue weighted by atomic mass is 10.0.